The SMILES string of the molecule is O/N=C(\CCC1CCN(Cc2ccccc2)CC1)c1ccc2c(c1)CCN(Cc1ccccc1)CC2. The summed E-state index contributed by atoms with van der Waals surface area (Å²) in [5.74, 6) is 0.709. The Morgan fingerprint density at radius 1 is 0.722 bits per heavy atom. The summed E-state index contributed by atoms with van der Waals surface area (Å²) < 4.78 is 0. The van der Waals surface area contributed by atoms with Gasteiger partial charge in [-0.25, -0.2) is 0 Å². The molecule has 0 aromatic heterocycles. The average Bonchev–Trinajstić information content (AvgIpc) is 3.13. The molecule has 2 heterocycles. The minimum Gasteiger partial charge on any atom is -0.411 e. The standard InChI is InChI=1S/C32H39N3O/c36-33-32(14-11-26-15-19-34(20-16-26)24-27-7-3-1-4-8-27)31-13-12-29-17-21-35(22-18-30(29)23-31)25-28-9-5-2-6-10-28/h1-10,12-13,23,26,36H,11,14-22,24-25H2/b33-32+. The molecule has 0 aliphatic carbocycles. The van der Waals surface area contributed by atoms with Crippen molar-refractivity contribution in [2.45, 2.75) is 51.6 Å². The summed E-state index contributed by atoms with van der Waals surface area (Å²) in [5, 5.41) is 13.6. The maximum absolute atomic E-state index is 9.85. The molecule has 1 saturated heterocycles. The van der Waals surface area contributed by atoms with Gasteiger partial charge in [-0.3, -0.25) is 9.80 Å². The van der Waals surface area contributed by atoms with Gasteiger partial charge in [0.25, 0.3) is 0 Å². The van der Waals surface area contributed by atoms with Crippen molar-refractivity contribution in [1.29, 1.82) is 0 Å². The molecule has 0 amide bonds. The lowest BCUT2D eigenvalue weighted by molar-refractivity contribution is 0.173. The Hall–Kier alpha value is -2.95. The first-order chi connectivity index (χ1) is 17.8. The van der Waals surface area contributed by atoms with E-state index < -0.39 is 0 Å². The van der Waals surface area contributed by atoms with E-state index in [1.165, 1.54) is 35.1 Å². The van der Waals surface area contributed by atoms with Crippen LogP contribution in [0.15, 0.2) is 84.0 Å². The highest BCUT2D eigenvalue weighted by atomic mass is 16.4. The minimum absolute atomic E-state index is 0.709. The molecule has 1 N–H and O–H groups in total. The predicted molar refractivity (Wildman–Crippen MR) is 148 cm³/mol. The number of benzene rings is 3. The van der Waals surface area contributed by atoms with Crippen molar-refractivity contribution in [3.8, 4) is 0 Å². The first kappa shape index (κ1) is 24.7. The van der Waals surface area contributed by atoms with Gasteiger partial charge in [0.05, 0.1) is 5.71 Å². The van der Waals surface area contributed by atoms with Crippen LogP contribution < -0.4 is 0 Å². The van der Waals surface area contributed by atoms with Crippen LogP contribution in [0.4, 0.5) is 0 Å². The number of fused-ring (bicyclic) bond motifs is 1. The molecule has 2 aliphatic rings. The normalized spacial score (nSPS) is 18.1. The van der Waals surface area contributed by atoms with E-state index >= 15 is 0 Å². The van der Waals surface area contributed by atoms with Crippen molar-refractivity contribution in [3.63, 3.8) is 0 Å². The molecular weight excluding hydrogens is 442 g/mol. The van der Waals surface area contributed by atoms with E-state index in [2.05, 4.69) is 93.8 Å². The first-order valence-corrected chi connectivity index (χ1v) is 13.6. The second-order valence-corrected chi connectivity index (χ2v) is 10.5. The molecule has 188 valence electrons. The van der Waals surface area contributed by atoms with E-state index in [0.29, 0.717) is 5.92 Å². The van der Waals surface area contributed by atoms with Gasteiger partial charge in [0.2, 0.25) is 0 Å². The zero-order chi connectivity index (χ0) is 24.6. The highest BCUT2D eigenvalue weighted by Gasteiger charge is 2.21. The van der Waals surface area contributed by atoms with Gasteiger partial charge >= 0.3 is 0 Å². The number of oxime groups is 1. The van der Waals surface area contributed by atoms with E-state index in [9.17, 15) is 5.21 Å². The molecular formula is C32H39N3O. The summed E-state index contributed by atoms with van der Waals surface area (Å²) in [5.41, 5.74) is 7.57. The summed E-state index contributed by atoms with van der Waals surface area (Å²) in [6.07, 6.45) is 6.53. The van der Waals surface area contributed by atoms with Crippen LogP contribution in [0.3, 0.4) is 0 Å². The fourth-order valence-corrected chi connectivity index (χ4v) is 5.82. The fraction of sp³-hybridized carbons (Fsp3) is 0.406. The number of nitrogens with zero attached hydrogens (tertiary/aromatic N) is 3. The number of piperidine rings is 1. The quantitative estimate of drug-likeness (QED) is 0.238. The van der Waals surface area contributed by atoms with Crippen LogP contribution in [-0.4, -0.2) is 46.9 Å². The van der Waals surface area contributed by atoms with E-state index in [1.807, 2.05) is 0 Å². The molecule has 0 bridgehead atoms. The van der Waals surface area contributed by atoms with Crippen LogP contribution in [-0.2, 0) is 25.9 Å². The molecule has 0 unspecified atom stereocenters. The summed E-state index contributed by atoms with van der Waals surface area (Å²) in [4.78, 5) is 5.13. The van der Waals surface area contributed by atoms with Gasteiger partial charge in [-0.1, -0.05) is 78.0 Å². The van der Waals surface area contributed by atoms with Crippen LogP contribution in [0.5, 0.6) is 0 Å². The fourth-order valence-electron chi connectivity index (χ4n) is 5.82. The van der Waals surface area contributed by atoms with Gasteiger partial charge in [-0.05, 0) is 91.4 Å². The monoisotopic (exact) mass is 481 g/mol. The minimum atomic E-state index is 0.709. The smallest absolute Gasteiger partial charge is 0.0868 e. The van der Waals surface area contributed by atoms with Crippen LogP contribution in [0.25, 0.3) is 0 Å². The Bertz CT molecular complexity index is 1120. The lowest BCUT2D eigenvalue weighted by Crippen LogP contribution is -2.33. The Morgan fingerprint density at radius 2 is 1.31 bits per heavy atom. The zero-order valence-corrected chi connectivity index (χ0v) is 21.4. The molecule has 0 spiro atoms. The summed E-state index contributed by atoms with van der Waals surface area (Å²) in [7, 11) is 0. The van der Waals surface area contributed by atoms with Gasteiger partial charge in [-0.15, -0.1) is 0 Å². The van der Waals surface area contributed by atoms with Gasteiger partial charge in [0.15, 0.2) is 0 Å². The van der Waals surface area contributed by atoms with E-state index in [-0.39, 0.29) is 0 Å². The van der Waals surface area contributed by atoms with Gasteiger partial charge in [0, 0.05) is 26.2 Å². The van der Waals surface area contributed by atoms with Crippen molar-refractivity contribution in [2.75, 3.05) is 26.2 Å². The zero-order valence-electron chi connectivity index (χ0n) is 21.4. The Morgan fingerprint density at radius 3 is 1.92 bits per heavy atom. The van der Waals surface area contributed by atoms with Gasteiger partial charge in [-0.2, -0.15) is 0 Å². The third-order valence-corrected chi connectivity index (χ3v) is 8.05. The number of likely N-dealkylation sites (tertiary alicyclic amines) is 1. The number of rotatable bonds is 8. The molecule has 0 atom stereocenters. The van der Waals surface area contributed by atoms with Crippen molar-refractivity contribution in [3.05, 3.63) is 107 Å². The summed E-state index contributed by atoms with van der Waals surface area (Å²) in [6, 6.07) is 28.3. The molecule has 1 fully saturated rings. The van der Waals surface area contributed by atoms with E-state index in [4.69, 9.17) is 0 Å². The first-order valence-electron chi connectivity index (χ1n) is 13.6. The Labute approximate surface area is 216 Å². The second kappa shape index (κ2) is 12.3. The van der Waals surface area contributed by atoms with Crippen molar-refractivity contribution < 1.29 is 5.21 Å². The molecule has 3 aromatic rings. The maximum atomic E-state index is 9.85. The van der Waals surface area contributed by atoms with Crippen molar-refractivity contribution >= 4 is 5.71 Å². The van der Waals surface area contributed by atoms with E-state index in [0.717, 1.165) is 76.2 Å². The van der Waals surface area contributed by atoms with Crippen LogP contribution >= 0.6 is 0 Å². The second-order valence-electron chi connectivity index (χ2n) is 10.5. The third-order valence-electron chi connectivity index (χ3n) is 8.05. The lowest BCUT2D eigenvalue weighted by atomic mass is 9.89. The maximum Gasteiger partial charge on any atom is 0.0868 e. The molecule has 4 heteroatoms. The Kier molecular flexibility index (Phi) is 8.47. The highest BCUT2D eigenvalue weighted by Crippen LogP contribution is 2.25. The molecule has 0 saturated carbocycles. The van der Waals surface area contributed by atoms with Crippen molar-refractivity contribution in [1.82, 2.24) is 9.80 Å². The third kappa shape index (κ3) is 6.63. The molecule has 3 aromatic carbocycles. The largest absolute Gasteiger partial charge is 0.411 e. The van der Waals surface area contributed by atoms with Crippen LogP contribution in [0.2, 0.25) is 0 Å². The highest BCUT2D eigenvalue weighted by molar-refractivity contribution is 6.00. The number of hydrogen-bond acceptors (Lipinski definition) is 4. The van der Waals surface area contributed by atoms with Gasteiger partial charge in [0.1, 0.15) is 0 Å². The van der Waals surface area contributed by atoms with Crippen molar-refractivity contribution in [2.24, 2.45) is 11.1 Å². The Balaban J connectivity index is 1.12. The molecule has 5 rings (SSSR count). The lowest BCUT2D eigenvalue weighted by Gasteiger charge is -2.32. The van der Waals surface area contributed by atoms with E-state index in [1.54, 1.807) is 0 Å². The molecule has 36 heavy (non-hydrogen) atoms. The summed E-state index contributed by atoms with van der Waals surface area (Å²) >= 11 is 0. The summed E-state index contributed by atoms with van der Waals surface area (Å²) in [6.45, 7) is 6.53. The van der Waals surface area contributed by atoms with Gasteiger partial charge < -0.3 is 5.21 Å². The topological polar surface area (TPSA) is 39.1 Å². The van der Waals surface area contributed by atoms with Crippen LogP contribution in [0, 0.1) is 5.92 Å². The molecule has 2 aliphatic heterocycles. The average molecular weight is 482 g/mol. The van der Waals surface area contributed by atoms with Crippen LogP contribution in [0.1, 0.15) is 53.5 Å². The molecule has 0 radical (unpaired) electrons. The number of hydrogen-bond donors (Lipinski definition) is 1. The predicted octanol–water partition coefficient (Wildman–Crippen LogP) is 6.16. The molecule has 4 nitrogen and oxygen atoms in total.